The average Bonchev–Trinajstić information content (AvgIpc) is 2.62. The van der Waals surface area contributed by atoms with E-state index in [1.54, 1.807) is 6.07 Å². The fourth-order valence-corrected chi connectivity index (χ4v) is 1.81. The predicted octanol–water partition coefficient (Wildman–Crippen LogP) is 2.53. The quantitative estimate of drug-likeness (QED) is 0.709. The summed E-state index contributed by atoms with van der Waals surface area (Å²) in [5.74, 6) is 0.180. The van der Waals surface area contributed by atoms with Crippen molar-refractivity contribution >= 4 is 27.5 Å². The molecule has 0 amide bonds. The molecule has 0 fully saturated rings. The highest BCUT2D eigenvalue weighted by Gasteiger charge is 2.11. The molecule has 0 aliphatic rings. The van der Waals surface area contributed by atoms with E-state index in [1.807, 2.05) is 26.0 Å². The van der Waals surface area contributed by atoms with Gasteiger partial charge in [-0.2, -0.15) is 0 Å². The van der Waals surface area contributed by atoms with Gasteiger partial charge in [0.05, 0.1) is 4.70 Å². The van der Waals surface area contributed by atoms with Crippen LogP contribution in [0.5, 0.6) is 0 Å². The van der Waals surface area contributed by atoms with Gasteiger partial charge in [-0.05, 0) is 29.7 Å². The van der Waals surface area contributed by atoms with Gasteiger partial charge in [-0.15, -0.1) is 5.10 Å². The molecule has 14 heavy (non-hydrogen) atoms. The highest BCUT2D eigenvalue weighted by atomic mass is 32.1. The molecule has 0 spiro atoms. The van der Waals surface area contributed by atoms with Gasteiger partial charge in [0.1, 0.15) is 5.52 Å². The average molecular weight is 206 g/mol. The van der Waals surface area contributed by atoms with Gasteiger partial charge in [0.25, 0.3) is 0 Å². The smallest absolute Gasteiger partial charge is 0.165 e. The normalized spacial score (nSPS) is 11.1. The molecule has 0 unspecified atom stereocenters. The van der Waals surface area contributed by atoms with Crippen LogP contribution in [0, 0.1) is 5.92 Å². The van der Waals surface area contributed by atoms with Gasteiger partial charge in [0.2, 0.25) is 0 Å². The van der Waals surface area contributed by atoms with E-state index >= 15 is 0 Å². The van der Waals surface area contributed by atoms with E-state index in [4.69, 9.17) is 0 Å². The van der Waals surface area contributed by atoms with Crippen LogP contribution in [-0.2, 0) is 0 Å². The Morgan fingerprint density at radius 3 is 2.93 bits per heavy atom. The number of hydrogen-bond donors (Lipinski definition) is 0. The monoisotopic (exact) mass is 206 g/mol. The van der Waals surface area contributed by atoms with Gasteiger partial charge < -0.3 is 0 Å². The van der Waals surface area contributed by atoms with E-state index in [0.29, 0.717) is 0 Å². The SMILES string of the molecule is CC(C)C(=O)c1ccc2snnc2c1. The minimum atomic E-state index is 0.0269. The van der Waals surface area contributed by atoms with Crippen molar-refractivity contribution in [3.05, 3.63) is 23.8 Å². The van der Waals surface area contributed by atoms with Crippen molar-refractivity contribution in [2.45, 2.75) is 13.8 Å². The number of hydrogen-bond acceptors (Lipinski definition) is 4. The Balaban J connectivity index is 2.48. The van der Waals surface area contributed by atoms with Gasteiger partial charge in [0.15, 0.2) is 5.78 Å². The van der Waals surface area contributed by atoms with E-state index in [-0.39, 0.29) is 11.7 Å². The Morgan fingerprint density at radius 1 is 1.43 bits per heavy atom. The molecular formula is C10H10N2OS. The van der Waals surface area contributed by atoms with Crippen LogP contribution in [0.25, 0.3) is 10.2 Å². The standard InChI is InChI=1S/C10H10N2OS/c1-6(2)10(13)7-3-4-9-8(5-7)11-12-14-9/h3-6H,1-2H3. The third-order valence-corrected chi connectivity index (χ3v) is 2.76. The molecule has 0 aliphatic heterocycles. The number of rotatable bonds is 2. The van der Waals surface area contributed by atoms with Gasteiger partial charge in [-0.1, -0.05) is 18.3 Å². The molecule has 72 valence electrons. The first-order valence-corrected chi connectivity index (χ1v) is 5.22. The van der Waals surface area contributed by atoms with Crippen LogP contribution in [0.4, 0.5) is 0 Å². The van der Waals surface area contributed by atoms with E-state index in [1.165, 1.54) is 11.5 Å². The first kappa shape index (κ1) is 9.27. The first-order chi connectivity index (χ1) is 6.68. The van der Waals surface area contributed by atoms with Gasteiger partial charge in [0, 0.05) is 11.5 Å². The molecule has 0 aliphatic carbocycles. The first-order valence-electron chi connectivity index (χ1n) is 4.45. The number of ketones is 1. The largest absolute Gasteiger partial charge is 0.294 e. The third-order valence-electron chi connectivity index (χ3n) is 2.06. The topological polar surface area (TPSA) is 42.9 Å². The van der Waals surface area contributed by atoms with E-state index in [0.717, 1.165) is 15.8 Å². The number of fused-ring (bicyclic) bond motifs is 1. The summed E-state index contributed by atoms with van der Waals surface area (Å²) in [5.41, 5.74) is 1.53. The summed E-state index contributed by atoms with van der Waals surface area (Å²) in [4.78, 5) is 11.7. The predicted molar refractivity (Wildman–Crippen MR) is 56.6 cm³/mol. The number of carbonyl (C=O) groups is 1. The fraction of sp³-hybridized carbons (Fsp3) is 0.300. The zero-order chi connectivity index (χ0) is 10.1. The molecule has 0 bridgehead atoms. The summed E-state index contributed by atoms with van der Waals surface area (Å²) in [6.07, 6.45) is 0. The molecule has 0 N–H and O–H groups in total. The molecule has 4 heteroatoms. The zero-order valence-corrected chi connectivity index (χ0v) is 8.84. The van der Waals surface area contributed by atoms with E-state index in [2.05, 4.69) is 9.59 Å². The lowest BCUT2D eigenvalue weighted by Crippen LogP contribution is -2.06. The summed E-state index contributed by atoms with van der Waals surface area (Å²) in [7, 11) is 0. The minimum Gasteiger partial charge on any atom is -0.294 e. The molecule has 1 aromatic carbocycles. The van der Waals surface area contributed by atoms with Crippen LogP contribution >= 0.6 is 11.5 Å². The van der Waals surface area contributed by atoms with Gasteiger partial charge >= 0.3 is 0 Å². The van der Waals surface area contributed by atoms with Crippen LogP contribution in [0.15, 0.2) is 18.2 Å². The Labute approximate surface area is 85.9 Å². The van der Waals surface area contributed by atoms with Gasteiger partial charge in [-0.25, -0.2) is 0 Å². The minimum absolute atomic E-state index is 0.0269. The van der Waals surface area contributed by atoms with Crippen molar-refractivity contribution in [3.63, 3.8) is 0 Å². The van der Waals surface area contributed by atoms with Crippen molar-refractivity contribution < 1.29 is 4.79 Å². The maximum Gasteiger partial charge on any atom is 0.165 e. The van der Waals surface area contributed by atoms with Crippen LogP contribution in [0.1, 0.15) is 24.2 Å². The maximum absolute atomic E-state index is 11.7. The number of Topliss-reactive ketones (excluding diaryl/α,β-unsaturated/α-hetero) is 1. The molecule has 1 heterocycles. The fourth-order valence-electron chi connectivity index (χ4n) is 1.27. The molecule has 0 saturated carbocycles. The van der Waals surface area contributed by atoms with Gasteiger partial charge in [-0.3, -0.25) is 4.79 Å². The summed E-state index contributed by atoms with van der Waals surface area (Å²) in [6, 6.07) is 5.54. The number of aromatic nitrogens is 2. The number of nitrogens with zero attached hydrogens (tertiary/aromatic N) is 2. The van der Waals surface area contributed by atoms with E-state index < -0.39 is 0 Å². The van der Waals surface area contributed by atoms with Crippen LogP contribution in [-0.4, -0.2) is 15.4 Å². The number of carbonyl (C=O) groups excluding carboxylic acids is 1. The van der Waals surface area contributed by atoms with E-state index in [9.17, 15) is 4.79 Å². The molecule has 2 aromatic rings. The van der Waals surface area contributed by atoms with Crippen molar-refractivity contribution in [2.75, 3.05) is 0 Å². The lowest BCUT2D eigenvalue weighted by atomic mass is 10.0. The Bertz CT molecular complexity index is 476. The Kier molecular flexibility index (Phi) is 2.29. The molecule has 3 nitrogen and oxygen atoms in total. The molecule has 1 aromatic heterocycles. The van der Waals surface area contributed by atoms with Crippen molar-refractivity contribution in [1.29, 1.82) is 0 Å². The summed E-state index contributed by atoms with van der Waals surface area (Å²) in [6.45, 7) is 3.79. The molecule has 2 rings (SSSR count). The third kappa shape index (κ3) is 1.53. The second-order valence-corrected chi connectivity index (χ2v) is 4.26. The molecule has 0 atom stereocenters. The Hall–Kier alpha value is -1.29. The second kappa shape index (κ2) is 3.46. The maximum atomic E-state index is 11.7. The zero-order valence-electron chi connectivity index (χ0n) is 8.02. The summed E-state index contributed by atoms with van der Waals surface area (Å²) >= 11 is 1.34. The highest BCUT2D eigenvalue weighted by Crippen LogP contribution is 2.18. The van der Waals surface area contributed by atoms with Crippen molar-refractivity contribution in [3.8, 4) is 0 Å². The molecular weight excluding hydrogens is 196 g/mol. The van der Waals surface area contributed by atoms with Crippen LogP contribution in [0.2, 0.25) is 0 Å². The lowest BCUT2D eigenvalue weighted by Gasteiger charge is -2.02. The summed E-state index contributed by atoms with van der Waals surface area (Å²) in [5, 5.41) is 3.94. The molecule has 0 radical (unpaired) electrons. The summed E-state index contributed by atoms with van der Waals surface area (Å²) < 4.78 is 4.85. The van der Waals surface area contributed by atoms with Crippen LogP contribution < -0.4 is 0 Å². The highest BCUT2D eigenvalue weighted by molar-refractivity contribution is 7.12. The number of benzene rings is 1. The van der Waals surface area contributed by atoms with Crippen molar-refractivity contribution in [2.24, 2.45) is 5.92 Å². The van der Waals surface area contributed by atoms with Crippen LogP contribution in [0.3, 0.4) is 0 Å². The Morgan fingerprint density at radius 2 is 2.21 bits per heavy atom. The second-order valence-electron chi connectivity index (χ2n) is 3.47. The molecule has 0 saturated heterocycles. The van der Waals surface area contributed by atoms with Crippen molar-refractivity contribution in [1.82, 2.24) is 9.59 Å². The lowest BCUT2D eigenvalue weighted by molar-refractivity contribution is 0.0939.